The highest BCUT2D eigenvalue weighted by Crippen LogP contribution is 2.29. The summed E-state index contributed by atoms with van der Waals surface area (Å²) in [7, 11) is 3.82. The van der Waals surface area contributed by atoms with Crippen LogP contribution in [0, 0.1) is 13.8 Å². The van der Waals surface area contributed by atoms with E-state index >= 15 is 0 Å². The minimum Gasteiger partial charge on any atom is -0.376 e. The molecule has 3 heterocycles. The van der Waals surface area contributed by atoms with E-state index in [2.05, 4.69) is 15.4 Å². The largest absolute Gasteiger partial charge is 0.376 e. The maximum absolute atomic E-state index is 5.50. The maximum atomic E-state index is 5.50. The molecule has 106 valence electrons. The zero-order valence-electron chi connectivity index (χ0n) is 12.3. The Morgan fingerprint density at radius 2 is 2.05 bits per heavy atom. The van der Waals surface area contributed by atoms with Crippen LogP contribution in [-0.4, -0.2) is 33.4 Å². The van der Waals surface area contributed by atoms with Crippen molar-refractivity contribution < 1.29 is 4.74 Å². The van der Waals surface area contributed by atoms with Crippen molar-refractivity contribution in [2.24, 2.45) is 7.05 Å². The van der Waals surface area contributed by atoms with Gasteiger partial charge in [-0.05, 0) is 13.8 Å². The summed E-state index contributed by atoms with van der Waals surface area (Å²) in [5.74, 6) is 1.60. The van der Waals surface area contributed by atoms with E-state index in [1.54, 1.807) is 0 Å². The van der Waals surface area contributed by atoms with Crippen molar-refractivity contribution in [2.45, 2.75) is 26.9 Å². The number of nitrogens with one attached hydrogen (secondary N) is 1. The summed E-state index contributed by atoms with van der Waals surface area (Å²) < 4.78 is 7.37. The van der Waals surface area contributed by atoms with Gasteiger partial charge in [0.25, 0.3) is 0 Å². The molecule has 0 saturated heterocycles. The molecule has 0 aromatic carbocycles. The van der Waals surface area contributed by atoms with Crippen molar-refractivity contribution in [3.8, 4) is 11.4 Å². The molecule has 2 aromatic rings. The van der Waals surface area contributed by atoms with Gasteiger partial charge in [-0.15, -0.1) is 0 Å². The summed E-state index contributed by atoms with van der Waals surface area (Å²) in [6, 6.07) is 0. The van der Waals surface area contributed by atoms with Crippen molar-refractivity contribution in [3.05, 3.63) is 22.6 Å². The van der Waals surface area contributed by atoms with Gasteiger partial charge in [-0.2, -0.15) is 5.10 Å². The first-order valence-electron chi connectivity index (χ1n) is 6.77. The smallest absolute Gasteiger partial charge is 0.165 e. The van der Waals surface area contributed by atoms with Gasteiger partial charge in [0.15, 0.2) is 5.82 Å². The van der Waals surface area contributed by atoms with Gasteiger partial charge in [0.05, 0.1) is 30.2 Å². The van der Waals surface area contributed by atoms with Gasteiger partial charge >= 0.3 is 0 Å². The van der Waals surface area contributed by atoms with Crippen LogP contribution < -0.4 is 5.32 Å². The zero-order chi connectivity index (χ0) is 14.3. The van der Waals surface area contributed by atoms with Crippen LogP contribution in [0.4, 0.5) is 5.82 Å². The van der Waals surface area contributed by atoms with E-state index < -0.39 is 0 Å². The lowest BCUT2D eigenvalue weighted by Crippen LogP contribution is -2.16. The monoisotopic (exact) mass is 273 g/mol. The highest BCUT2D eigenvalue weighted by Gasteiger charge is 2.21. The van der Waals surface area contributed by atoms with Gasteiger partial charge in [0.1, 0.15) is 5.82 Å². The number of hydrogen-bond donors (Lipinski definition) is 1. The summed E-state index contributed by atoms with van der Waals surface area (Å²) in [6.07, 6.45) is 0.831. The van der Waals surface area contributed by atoms with Crippen LogP contribution in [-0.2, 0) is 24.8 Å². The Labute approximate surface area is 118 Å². The minimum atomic E-state index is 0.580. The first-order chi connectivity index (χ1) is 9.61. The van der Waals surface area contributed by atoms with E-state index in [1.165, 1.54) is 0 Å². The fraction of sp³-hybridized carbons (Fsp3) is 0.500. The molecular formula is C14H19N5O. The quantitative estimate of drug-likeness (QED) is 0.900. The zero-order valence-corrected chi connectivity index (χ0v) is 12.3. The van der Waals surface area contributed by atoms with E-state index in [9.17, 15) is 0 Å². The average Bonchev–Trinajstić information content (AvgIpc) is 2.71. The van der Waals surface area contributed by atoms with Crippen molar-refractivity contribution in [2.75, 3.05) is 19.0 Å². The highest BCUT2D eigenvalue weighted by atomic mass is 16.5. The molecule has 3 rings (SSSR count). The molecule has 0 radical (unpaired) electrons. The molecule has 0 bridgehead atoms. The summed E-state index contributed by atoms with van der Waals surface area (Å²) in [5.41, 5.74) is 5.21. The molecule has 0 fully saturated rings. The molecule has 1 aliphatic heterocycles. The number of aryl methyl sites for hydroxylation is 2. The van der Waals surface area contributed by atoms with Crippen molar-refractivity contribution in [3.63, 3.8) is 0 Å². The summed E-state index contributed by atoms with van der Waals surface area (Å²) >= 11 is 0. The van der Waals surface area contributed by atoms with E-state index in [0.29, 0.717) is 6.61 Å². The lowest BCUT2D eigenvalue weighted by molar-refractivity contribution is 0.109. The highest BCUT2D eigenvalue weighted by molar-refractivity contribution is 5.64. The molecule has 6 heteroatoms. The Bertz CT molecular complexity index is 645. The van der Waals surface area contributed by atoms with Gasteiger partial charge in [-0.25, -0.2) is 9.97 Å². The molecule has 1 N–H and O–H groups in total. The Morgan fingerprint density at radius 3 is 2.70 bits per heavy atom. The second-order valence-corrected chi connectivity index (χ2v) is 5.04. The van der Waals surface area contributed by atoms with E-state index in [-0.39, 0.29) is 0 Å². The molecule has 6 nitrogen and oxygen atoms in total. The molecule has 0 aliphatic carbocycles. The van der Waals surface area contributed by atoms with Gasteiger partial charge in [-0.1, -0.05) is 0 Å². The summed E-state index contributed by atoms with van der Waals surface area (Å²) in [6.45, 7) is 5.34. The van der Waals surface area contributed by atoms with Crippen LogP contribution in [0.25, 0.3) is 11.4 Å². The van der Waals surface area contributed by atoms with Crippen molar-refractivity contribution >= 4 is 5.82 Å². The van der Waals surface area contributed by atoms with Crippen LogP contribution in [0.15, 0.2) is 0 Å². The van der Waals surface area contributed by atoms with Gasteiger partial charge < -0.3 is 10.1 Å². The summed E-state index contributed by atoms with van der Waals surface area (Å²) in [5, 5.41) is 7.60. The second-order valence-electron chi connectivity index (χ2n) is 5.04. The SMILES string of the molecule is CNc1nc(-c2c(C)nn(C)c2C)nc2c1COCC2. The lowest BCUT2D eigenvalue weighted by atomic mass is 10.1. The third-order valence-corrected chi connectivity index (χ3v) is 3.79. The normalized spacial score (nSPS) is 14.2. The van der Waals surface area contributed by atoms with E-state index in [0.717, 1.165) is 52.9 Å². The number of aromatic nitrogens is 4. The molecule has 2 aromatic heterocycles. The molecule has 1 aliphatic rings. The number of rotatable bonds is 2. The van der Waals surface area contributed by atoms with Crippen LogP contribution >= 0.6 is 0 Å². The first-order valence-corrected chi connectivity index (χ1v) is 6.77. The van der Waals surface area contributed by atoms with Crippen LogP contribution in [0.2, 0.25) is 0 Å². The lowest BCUT2D eigenvalue weighted by Gasteiger charge is -2.19. The molecular weight excluding hydrogens is 254 g/mol. The number of ether oxygens (including phenoxy) is 1. The van der Waals surface area contributed by atoms with Crippen LogP contribution in [0.1, 0.15) is 22.6 Å². The van der Waals surface area contributed by atoms with Crippen molar-refractivity contribution in [1.82, 2.24) is 19.7 Å². The van der Waals surface area contributed by atoms with Gasteiger partial charge in [-0.3, -0.25) is 4.68 Å². The Balaban J connectivity index is 2.19. The first kappa shape index (κ1) is 13.1. The Morgan fingerprint density at radius 1 is 1.25 bits per heavy atom. The topological polar surface area (TPSA) is 64.9 Å². The second kappa shape index (κ2) is 4.86. The predicted octanol–water partition coefficient (Wildman–Crippen LogP) is 1.61. The number of nitrogens with zero attached hydrogens (tertiary/aromatic N) is 4. The number of fused-ring (bicyclic) bond motifs is 1. The van der Waals surface area contributed by atoms with E-state index in [1.807, 2.05) is 32.6 Å². The molecule has 0 atom stereocenters. The molecule has 20 heavy (non-hydrogen) atoms. The molecule has 0 saturated carbocycles. The van der Waals surface area contributed by atoms with E-state index in [4.69, 9.17) is 9.72 Å². The van der Waals surface area contributed by atoms with Crippen molar-refractivity contribution in [1.29, 1.82) is 0 Å². The average molecular weight is 273 g/mol. The van der Waals surface area contributed by atoms with Crippen LogP contribution in [0.3, 0.4) is 0 Å². The maximum Gasteiger partial charge on any atom is 0.165 e. The Kier molecular flexibility index (Phi) is 3.17. The molecule has 0 unspecified atom stereocenters. The fourth-order valence-corrected chi connectivity index (χ4v) is 2.65. The third kappa shape index (κ3) is 1.96. The number of hydrogen-bond acceptors (Lipinski definition) is 5. The summed E-state index contributed by atoms with van der Waals surface area (Å²) in [4.78, 5) is 9.40. The standard InChI is InChI=1S/C14H19N5O/c1-8-12(9(2)19(4)18-8)14-16-11-5-6-20-7-10(11)13(15-3)17-14/h5-7H2,1-4H3,(H,15,16,17). The minimum absolute atomic E-state index is 0.580. The third-order valence-electron chi connectivity index (χ3n) is 3.79. The number of anilines is 1. The molecule has 0 spiro atoms. The fourth-order valence-electron chi connectivity index (χ4n) is 2.65. The Hall–Kier alpha value is -1.95. The van der Waals surface area contributed by atoms with Gasteiger partial charge in [0.2, 0.25) is 0 Å². The van der Waals surface area contributed by atoms with Crippen LogP contribution in [0.5, 0.6) is 0 Å². The molecule has 0 amide bonds. The predicted molar refractivity (Wildman–Crippen MR) is 76.6 cm³/mol. The van der Waals surface area contributed by atoms with Gasteiger partial charge in [0, 0.05) is 31.8 Å².